The highest BCUT2D eigenvalue weighted by molar-refractivity contribution is 6.05. The Morgan fingerprint density at radius 2 is 2.00 bits per heavy atom. The first-order valence-electron chi connectivity index (χ1n) is 7.48. The van der Waals surface area contributed by atoms with Crippen LogP contribution in [0.25, 0.3) is 10.9 Å². The topological polar surface area (TPSA) is 57.8 Å². The van der Waals surface area contributed by atoms with Gasteiger partial charge in [-0.15, -0.1) is 0 Å². The van der Waals surface area contributed by atoms with Crippen molar-refractivity contribution in [3.8, 4) is 0 Å². The van der Waals surface area contributed by atoms with Crippen LogP contribution in [0.15, 0.2) is 48.7 Å². The molecule has 3 rings (SSSR count). The lowest BCUT2D eigenvalue weighted by Gasteiger charge is -2.18. The summed E-state index contributed by atoms with van der Waals surface area (Å²) in [6, 6.07) is 13.9. The van der Waals surface area contributed by atoms with E-state index >= 15 is 0 Å². The van der Waals surface area contributed by atoms with Gasteiger partial charge in [0.2, 0.25) is 0 Å². The summed E-state index contributed by atoms with van der Waals surface area (Å²) in [6.07, 6.45) is 2.57. The van der Waals surface area contributed by atoms with Gasteiger partial charge in [0.25, 0.3) is 5.91 Å². The van der Waals surface area contributed by atoms with Crippen molar-refractivity contribution in [3.05, 3.63) is 65.4 Å². The molecule has 1 aromatic heterocycles. The molecule has 22 heavy (non-hydrogen) atoms. The molecule has 0 saturated carbocycles. The van der Waals surface area contributed by atoms with Crippen LogP contribution in [0.4, 0.5) is 0 Å². The molecule has 112 valence electrons. The van der Waals surface area contributed by atoms with Crippen molar-refractivity contribution in [3.63, 3.8) is 0 Å². The summed E-state index contributed by atoms with van der Waals surface area (Å²) in [4.78, 5) is 12.6. The van der Waals surface area contributed by atoms with Gasteiger partial charge < -0.3 is 5.32 Å². The fourth-order valence-electron chi connectivity index (χ4n) is 2.61. The lowest BCUT2D eigenvalue weighted by Crippen LogP contribution is -2.28. The van der Waals surface area contributed by atoms with Gasteiger partial charge >= 0.3 is 0 Å². The molecular formula is C18H19N3O. The van der Waals surface area contributed by atoms with Gasteiger partial charge in [0.1, 0.15) is 0 Å². The second-order valence-electron chi connectivity index (χ2n) is 5.48. The molecule has 0 bridgehead atoms. The predicted octanol–water partition coefficient (Wildman–Crippen LogP) is 3.75. The van der Waals surface area contributed by atoms with Crippen LogP contribution in [-0.2, 0) is 0 Å². The Hall–Kier alpha value is -2.62. The summed E-state index contributed by atoms with van der Waals surface area (Å²) >= 11 is 0. The van der Waals surface area contributed by atoms with E-state index in [4.69, 9.17) is 0 Å². The fraction of sp³-hybridized carbons (Fsp3) is 0.222. The van der Waals surface area contributed by atoms with E-state index in [1.807, 2.05) is 18.2 Å². The predicted molar refractivity (Wildman–Crippen MR) is 87.8 cm³/mol. The minimum Gasteiger partial charge on any atom is -0.345 e. The Bertz CT molecular complexity index is 789. The van der Waals surface area contributed by atoms with Crippen LogP contribution in [0.1, 0.15) is 40.9 Å². The molecule has 4 nitrogen and oxygen atoms in total. The molecule has 0 spiro atoms. The molecule has 1 atom stereocenters. The molecular weight excluding hydrogens is 274 g/mol. The third-order valence-electron chi connectivity index (χ3n) is 3.91. The van der Waals surface area contributed by atoms with Gasteiger partial charge in [-0.25, -0.2) is 0 Å². The standard InChI is InChI=1S/C18H19N3O/c1-3-16(13-9-7-12(2)8-10-13)20-18(22)15-6-4-5-14-11-19-21-17(14)15/h4-11,16H,3H2,1-2H3,(H,19,21)(H,20,22). The lowest BCUT2D eigenvalue weighted by atomic mass is 10.0. The number of hydrogen-bond donors (Lipinski definition) is 2. The number of amides is 1. The number of benzene rings is 2. The summed E-state index contributed by atoms with van der Waals surface area (Å²) in [7, 11) is 0. The van der Waals surface area contributed by atoms with Gasteiger partial charge in [0.15, 0.2) is 0 Å². The van der Waals surface area contributed by atoms with Crippen LogP contribution in [0.5, 0.6) is 0 Å². The summed E-state index contributed by atoms with van der Waals surface area (Å²) < 4.78 is 0. The zero-order chi connectivity index (χ0) is 15.5. The molecule has 1 amide bonds. The number of aryl methyl sites for hydroxylation is 1. The number of fused-ring (bicyclic) bond motifs is 1. The molecule has 2 aromatic carbocycles. The average molecular weight is 293 g/mol. The maximum Gasteiger partial charge on any atom is 0.253 e. The molecule has 0 fully saturated rings. The smallest absolute Gasteiger partial charge is 0.253 e. The van der Waals surface area contributed by atoms with Crippen LogP contribution in [-0.4, -0.2) is 16.1 Å². The Kier molecular flexibility index (Phi) is 3.92. The number of rotatable bonds is 4. The highest BCUT2D eigenvalue weighted by atomic mass is 16.1. The average Bonchev–Trinajstić information content (AvgIpc) is 3.01. The summed E-state index contributed by atoms with van der Waals surface area (Å²) in [5.74, 6) is -0.0812. The second kappa shape index (κ2) is 6.02. The van der Waals surface area contributed by atoms with E-state index in [0.29, 0.717) is 5.56 Å². The molecule has 0 radical (unpaired) electrons. The summed E-state index contributed by atoms with van der Waals surface area (Å²) in [5, 5.41) is 11.0. The lowest BCUT2D eigenvalue weighted by molar-refractivity contribution is 0.0937. The fourth-order valence-corrected chi connectivity index (χ4v) is 2.61. The quantitative estimate of drug-likeness (QED) is 0.769. The third-order valence-corrected chi connectivity index (χ3v) is 3.91. The number of carbonyl (C=O) groups excluding carboxylic acids is 1. The van der Waals surface area contributed by atoms with Crippen molar-refractivity contribution < 1.29 is 4.79 Å². The van der Waals surface area contributed by atoms with Crippen LogP contribution in [0.3, 0.4) is 0 Å². The SMILES string of the molecule is CCC(NC(=O)c1cccc2cn[nH]c12)c1ccc(C)cc1. The number of nitrogens with one attached hydrogen (secondary N) is 2. The van der Waals surface area contributed by atoms with Crippen molar-refractivity contribution >= 4 is 16.8 Å². The van der Waals surface area contributed by atoms with E-state index in [0.717, 1.165) is 22.9 Å². The molecule has 0 aliphatic rings. The number of nitrogens with zero attached hydrogens (tertiary/aromatic N) is 1. The molecule has 4 heteroatoms. The molecule has 0 aliphatic carbocycles. The van der Waals surface area contributed by atoms with Gasteiger partial charge in [-0.1, -0.05) is 48.9 Å². The second-order valence-corrected chi connectivity index (χ2v) is 5.48. The number of H-pyrrole nitrogens is 1. The molecule has 2 N–H and O–H groups in total. The first-order chi connectivity index (χ1) is 10.7. The number of para-hydroxylation sites is 1. The van der Waals surface area contributed by atoms with Crippen molar-refractivity contribution in [2.45, 2.75) is 26.3 Å². The Balaban J connectivity index is 1.86. The zero-order valence-corrected chi connectivity index (χ0v) is 12.8. The van der Waals surface area contributed by atoms with Crippen LogP contribution in [0.2, 0.25) is 0 Å². The monoisotopic (exact) mass is 293 g/mol. The van der Waals surface area contributed by atoms with E-state index in [2.05, 4.69) is 53.6 Å². The van der Waals surface area contributed by atoms with Crippen LogP contribution in [0, 0.1) is 6.92 Å². The Labute approximate surface area is 129 Å². The summed E-state index contributed by atoms with van der Waals surface area (Å²) in [6.45, 7) is 4.13. The first kappa shape index (κ1) is 14.3. The molecule has 3 aromatic rings. The largest absolute Gasteiger partial charge is 0.345 e. The highest BCUT2D eigenvalue weighted by Crippen LogP contribution is 2.20. The van der Waals surface area contributed by atoms with Gasteiger partial charge in [-0.2, -0.15) is 5.10 Å². The van der Waals surface area contributed by atoms with Crippen molar-refractivity contribution in [2.75, 3.05) is 0 Å². The third kappa shape index (κ3) is 2.72. The van der Waals surface area contributed by atoms with Crippen LogP contribution < -0.4 is 5.32 Å². The van der Waals surface area contributed by atoms with E-state index in [1.54, 1.807) is 6.20 Å². The molecule has 0 saturated heterocycles. The van der Waals surface area contributed by atoms with Gasteiger partial charge in [-0.3, -0.25) is 9.89 Å². The van der Waals surface area contributed by atoms with Crippen molar-refractivity contribution in [1.82, 2.24) is 15.5 Å². The molecule has 0 aliphatic heterocycles. The minimum atomic E-state index is -0.0812. The number of hydrogen-bond acceptors (Lipinski definition) is 2. The van der Waals surface area contributed by atoms with Crippen LogP contribution >= 0.6 is 0 Å². The first-order valence-corrected chi connectivity index (χ1v) is 7.48. The van der Waals surface area contributed by atoms with Crippen molar-refractivity contribution in [1.29, 1.82) is 0 Å². The number of aromatic amines is 1. The maximum absolute atomic E-state index is 12.6. The Morgan fingerprint density at radius 1 is 1.23 bits per heavy atom. The molecule has 1 unspecified atom stereocenters. The van der Waals surface area contributed by atoms with Gasteiger partial charge in [0, 0.05) is 5.39 Å². The zero-order valence-electron chi connectivity index (χ0n) is 12.8. The Morgan fingerprint density at radius 3 is 2.73 bits per heavy atom. The molecule has 1 heterocycles. The van der Waals surface area contributed by atoms with E-state index in [-0.39, 0.29) is 11.9 Å². The van der Waals surface area contributed by atoms with E-state index in [1.165, 1.54) is 5.56 Å². The van der Waals surface area contributed by atoms with Gasteiger partial charge in [0.05, 0.1) is 23.3 Å². The highest BCUT2D eigenvalue weighted by Gasteiger charge is 2.16. The van der Waals surface area contributed by atoms with E-state index in [9.17, 15) is 4.79 Å². The van der Waals surface area contributed by atoms with E-state index < -0.39 is 0 Å². The minimum absolute atomic E-state index is 0.00581. The maximum atomic E-state index is 12.6. The number of carbonyl (C=O) groups is 1. The summed E-state index contributed by atoms with van der Waals surface area (Å²) in [5.41, 5.74) is 3.74. The normalized spacial score (nSPS) is 12.3. The van der Waals surface area contributed by atoms with Gasteiger partial charge in [-0.05, 0) is 25.0 Å². The number of aromatic nitrogens is 2. The van der Waals surface area contributed by atoms with Crippen molar-refractivity contribution in [2.24, 2.45) is 0 Å².